The molecule has 1 atom stereocenters. The van der Waals surface area contributed by atoms with Crippen molar-refractivity contribution < 1.29 is 4.79 Å². The summed E-state index contributed by atoms with van der Waals surface area (Å²) < 4.78 is 2.24. The second-order valence-electron chi connectivity index (χ2n) is 8.72. The van der Waals surface area contributed by atoms with E-state index < -0.39 is 0 Å². The lowest BCUT2D eigenvalue weighted by Gasteiger charge is -2.18. The van der Waals surface area contributed by atoms with Crippen LogP contribution in [0.1, 0.15) is 49.8 Å². The molecule has 0 spiro atoms. The average Bonchev–Trinajstić information content (AvgIpc) is 3.28. The van der Waals surface area contributed by atoms with Gasteiger partial charge in [-0.25, -0.2) is 4.99 Å². The number of nitrogens with one attached hydrogen (secondary N) is 2. The standard InChI is InChI=1S/C24H35N7O/c1-2-25-24(27-17-22-29-28-21-11-7-4-8-13-31(21)22)26-16-20-15-23(32)30(18-20)14-12-19-9-5-3-6-10-19/h3,5-6,9-10,20H,2,4,7-8,11-18H2,1H3,(H2,25,26,27). The summed E-state index contributed by atoms with van der Waals surface area (Å²) in [5.74, 6) is 3.34. The van der Waals surface area contributed by atoms with Gasteiger partial charge < -0.3 is 20.1 Å². The summed E-state index contributed by atoms with van der Waals surface area (Å²) in [7, 11) is 0. The maximum atomic E-state index is 12.5. The highest BCUT2D eigenvalue weighted by atomic mass is 16.2. The van der Waals surface area contributed by atoms with Crippen molar-refractivity contribution in [3.05, 3.63) is 47.5 Å². The average molecular weight is 438 g/mol. The molecule has 1 saturated heterocycles. The van der Waals surface area contributed by atoms with Crippen LogP contribution in [0.25, 0.3) is 0 Å². The smallest absolute Gasteiger partial charge is 0.223 e. The Morgan fingerprint density at radius 1 is 1.16 bits per heavy atom. The maximum absolute atomic E-state index is 12.5. The second-order valence-corrected chi connectivity index (χ2v) is 8.72. The van der Waals surface area contributed by atoms with Crippen molar-refractivity contribution in [1.29, 1.82) is 0 Å². The van der Waals surface area contributed by atoms with Crippen LogP contribution < -0.4 is 10.6 Å². The first-order chi connectivity index (χ1) is 15.7. The molecule has 4 rings (SSSR count). The molecule has 0 saturated carbocycles. The van der Waals surface area contributed by atoms with Gasteiger partial charge in [-0.05, 0) is 31.7 Å². The van der Waals surface area contributed by atoms with Gasteiger partial charge in [0, 0.05) is 51.5 Å². The zero-order valence-corrected chi connectivity index (χ0v) is 19.1. The molecule has 2 aliphatic heterocycles. The van der Waals surface area contributed by atoms with Crippen molar-refractivity contribution in [2.45, 2.75) is 58.5 Å². The topological polar surface area (TPSA) is 87.4 Å². The van der Waals surface area contributed by atoms with E-state index >= 15 is 0 Å². The van der Waals surface area contributed by atoms with Gasteiger partial charge in [-0.3, -0.25) is 4.79 Å². The molecule has 1 aromatic carbocycles. The summed E-state index contributed by atoms with van der Waals surface area (Å²) in [4.78, 5) is 19.2. The Kier molecular flexibility index (Phi) is 7.74. The van der Waals surface area contributed by atoms with Gasteiger partial charge in [-0.1, -0.05) is 36.8 Å². The van der Waals surface area contributed by atoms with Crippen LogP contribution in [0, 0.1) is 5.92 Å². The molecule has 8 heteroatoms. The van der Waals surface area contributed by atoms with Crippen molar-refractivity contribution in [1.82, 2.24) is 30.3 Å². The van der Waals surface area contributed by atoms with E-state index in [0.29, 0.717) is 18.9 Å². The third-order valence-corrected chi connectivity index (χ3v) is 6.27. The van der Waals surface area contributed by atoms with Crippen molar-refractivity contribution in [2.24, 2.45) is 10.9 Å². The molecule has 0 aliphatic carbocycles. The maximum Gasteiger partial charge on any atom is 0.223 e. The minimum atomic E-state index is 0.251. The molecular formula is C24H35N7O. The lowest BCUT2D eigenvalue weighted by Crippen LogP contribution is -2.40. The molecule has 2 aliphatic rings. The number of hydrogen-bond donors (Lipinski definition) is 2. The van der Waals surface area contributed by atoms with Gasteiger partial charge in [0.05, 0.1) is 0 Å². The fraction of sp³-hybridized carbons (Fsp3) is 0.583. The molecule has 172 valence electrons. The Labute approximate surface area is 190 Å². The molecule has 1 unspecified atom stereocenters. The molecule has 32 heavy (non-hydrogen) atoms. The van der Waals surface area contributed by atoms with Crippen LogP contribution in [0.2, 0.25) is 0 Å². The van der Waals surface area contributed by atoms with E-state index in [0.717, 1.165) is 63.2 Å². The number of aromatic nitrogens is 3. The number of guanidine groups is 1. The van der Waals surface area contributed by atoms with Gasteiger partial charge in [-0.2, -0.15) is 0 Å². The summed E-state index contributed by atoms with van der Waals surface area (Å²) in [6, 6.07) is 10.4. The number of rotatable bonds is 8. The van der Waals surface area contributed by atoms with Gasteiger partial charge in [-0.15, -0.1) is 10.2 Å². The highest BCUT2D eigenvalue weighted by Gasteiger charge is 2.29. The summed E-state index contributed by atoms with van der Waals surface area (Å²) in [6.07, 6.45) is 6.12. The van der Waals surface area contributed by atoms with E-state index in [1.54, 1.807) is 0 Å². The molecule has 1 fully saturated rings. The third-order valence-electron chi connectivity index (χ3n) is 6.27. The molecule has 2 aromatic rings. The third kappa shape index (κ3) is 5.87. The number of fused-ring (bicyclic) bond motifs is 1. The highest BCUT2D eigenvalue weighted by Crippen LogP contribution is 2.18. The fourth-order valence-corrected chi connectivity index (χ4v) is 4.51. The number of aliphatic imine (C=N–C) groups is 1. The van der Waals surface area contributed by atoms with E-state index in [4.69, 9.17) is 4.99 Å². The monoisotopic (exact) mass is 437 g/mol. The van der Waals surface area contributed by atoms with E-state index in [2.05, 4.69) is 44.5 Å². The number of nitrogens with zero attached hydrogens (tertiary/aromatic N) is 5. The quantitative estimate of drug-likeness (QED) is 0.488. The molecule has 8 nitrogen and oxygen atoms in total. The SMILES string of the molecule is CCNC(=NCc1nnc2n1CCCCC2)NCC1CC(=O)N(CCc2ccccc2)C1. The summed E-state index contributed by atoms with van der Waals surface area (Å²) in [6.45, 7) is 6.66. The molecule has 2 N–H and O–H groups in total. The van der Waals surface area contributed by atoms with Crippen LogP contribution in [0.4, 0.5) is 0 Å². The molecule has 3 heterocycles. The molecule has 0 radical (unpaired) electrons. The number of benzene rings is 1. The first kappa shape index (κ1) is 22.3. The van der Waals surface area contributed by atoms with Gasteiger partial charge in [0.2, 0.25) is 5.91 Å². The van der Waals surface area contributed by atoms with Crippen LogP contribution in [-0.4, -0.2) is 57.7 Å². The van der Waals surface area contributed by atoms with Crippen molar-refractivity contribution in [2.75, 3.05) is 26.2 Å². The van der Waals surface area contributed by atoms with Gasteiger partial charge in [0.1, 0.15) is 12.4 Å². The van der Waals surface area contributed by atoms with Gasteiger partial charge in [0.25, 0.3) is 0 Å². The lowest BCUT2D eigenvalue weighted by molar-refractivity contribution is -0.127. The number of carbonyl (C=O) groups excluding carboxylic acids is 1. The number of amides is 1. The number of carbonyl (C=O) groups is 1. The molecule has 1 amide bonds. The number of hydrogen-bond acceptors (Lipinski definition) is 4. The fourth-order valence-electron chi connectivity index (χ4n) is 4.51. The Morgan fingerprint density at radius 2 is 2.03 bits per heavy atom. The normalized spacial score (nSPS) is 19.0. The first-order valence-electron chi connectivity index (χ1n) is 12.0. The Balaban J connectivity index is 1.28. The largest absolute Gasteiger partial charge is 0.357 e. The van der Waals surface area contributed by atoms with Crippen LogP contribution >= 0.6 is 0 Å². The highest BCUT2D eigenvalue weighted by molar-refractivity contribution is 5.80. The predicted octanol–water partition coefficient (Wildman–Crippen LogP) is 2.15. The van der Waals surface area contributed by atoms with Crippen molar-refractivity contribution >= 4 is 11.9 Å². The summed E-state index contributed by atoms with van der Waals surface area (Å²) >= 11 is 0. The second kappa shape index (κ2) is 11.1. The Morgan fingerprint density at radius 3 is 2.88 bits per heavy atom. The van der Waals surface area contributed by atoms with E-state index in [-0.39, 0.29) is 5.91 Å². The predicted molar refractivity (Wildman–Crippen MR) is 125 cm³/mol. The number of aryl methyl sites for hydroxylation is 1. The van der Waals surface area contributed by atoms with Crippen molar-refractivity contribution in [3.63, 3.8) is 0 Å². The Hall–Kier alpha value is -2.90. The van der Waals surface area contributed by atoms with Crippen LogP contribution in [-0.2, 0) is 30.7 Å². The minimum absolute atomic E-state index is 0.251. The first-order valence-corrected chi connectivity index (χ1v) is 12.0. The Bertz CT molecular complexity index is 908. The zero-order valence-electron chi connectivity index (χ0n) is 19.1. The van der Waals surface area contributed by atoms with E-state index in [1.165, 1.54) is 24.8 Å². The zero-order chi connectivity index (χ0) is 22.2. The van der Waals surface area contributed by atoms with E-state index in [1.807, 2.05) is 23.1 Å². The lowest BCUT2D eigenvalue weighted by atomic mass is 10.1. The molecule has 1 aromatic heterocycles. The summed E-state index contributed by atoms with van der Waals surface area (Å²) in [5.41, 5.74) is 1.27. The molecular weight excluding hydrogens is 402 g/mol. The van der Waals surface area contributed by atoms with Crippen LogP contribution in [0.15, 0.2) is 35.3 Å². The van der Waals surface area contributed by atoms with Crippen LogP contribution in [0.5, 0.6) is 0 Å². The number of likely N-dealkylation sites (tertiary alicyclic amines) is 1. The molecule has 0 bridgehead atoms. The van der Waals surface area contributed by atoms with E-state index in [9.17, 15) is 4.79 Å². The van der Waals surface area contributed by atoms with Crippen molar-refractivity contribution in [3.8, 4) is 0 Å². The minimum Gasteiger partial charge on any atom is -0.357 e. The summed E-state index contributed by atoms with van der Waals surface area (Å²) in [5, 5.41) is 15.5. The van der Waals surface area contributed by atoms with Gasteiger partial charge >= 0.3 is 0 Å². The van der Waals surface area contributed by atoms with Crippen LogP contribution in [0.3, 0.4) is 0 Å². The van der Waals surface area contributed by atoms with Gasteiger partial charge in [0.15, 0.2) is 11.8 Å².